The third kappa shape index (κ3) is 6.55. The second-order valence-electron chi connectivity index (χ2n) is 7.64. The number of aliphatic hydroxyl groups excluding tert-OH is 1. The molecule has 0 aromatic rings. The van der Waals surface area contributed by atoms with Crippen molar-refractivity contribution in [2.24, 2.45) is 0 Å². The average molecular weight is 312 g/mol. The molecule has 1 aliphatic carbocycles. The van der Waals surface area contributed by atoms with E-state index in [-0.39, 0.29) is 23.7 Å². The minimum absolute atomic E-state index is 0.0195. The van der Waals surface area contributed by atoms with Crippen LogP contribution in [0, 0.1) is 0 Å². The summed E-state index contributed by atoms with van der Waals surface area (Å²) in [5.41, 5.74) is -0.186. The Morgan fingerprint density at radius 2 is 1.77 bits per heavy atom. The maximum atomic E-state index is 12.6. The molecule has 0 spiro atoms. The molecule has 2 unspecified atom stereocenters. The summed E-state index contributed by atoms with van der Waals surface area (Å²) in [5, 5.41) is 13.1. The highest BCUT2D eigenvalue weighted by atomic mass is 16.3. The average Bonchev–Trinajstić information content (AvgIpc) is 2.43. The molecule has 2 atom stereocenters. The van der Waals surface area contributed by atoms with Gasteiger partial charge in [0.2, 0.25) is 0 Å². The van der Waals surface area contributed by atoms with Crippen molar-refractivity contribution in [3.63, 3.8) is 0 Å². The van der Waals surface area contributed by atoms with Crippen molar-refractivity contribution in [1.82, 2.24) is 10.2 Å². The van der Waals surface area contributed by atoms with E-state index >= 15 is 0 Å². The Balaban J connectivity index is 2.49. The van der Waals surface area contributed by atoms with E-state index in [1.807, 2.05) is 4.90 Å². The quantitative estimate of drug-likeness (QED) is 0.696. The predicted molar refractivity (Wildman–Crippen MR) is 92.0 cm³/mol. The lowest BCUT2D eigenvalue weighted by molar-refractivity contribution is 0.0824. The fraction of sp³-hybridized carbons (Fsp3) is 0.944. The largest absolute Gasteiger partial charge is 0.391 e. The highest BCUT2D eigenvalue weighted by Crippen LogP contribution is 2.20. The van der Waals surface area contributed by atoms with E-state index < -0.39 is 0 Å². The van der Waals surface area contributed by atoms with Crippen molar-refractivity contribution in [3.05, 3.63) is 0 Å². The van der Waals surface area contributed by atoms with E-state index in [9.17, 15) is 9.90 Å². The smallest absolute Gasteiger partial charge is 0.318 e. The molecule has 0 aliphatic heterocycles. The number of aliphatic hydroxyl groups is 1. The van der Waals surface area contributed by atoms with Gasteiger partial charge >= 0.3 is 6.03 Å². The molecule has 130 valence electrons. The van der Waals surface area contributed by atoms with Crippen LogP contribution in [0.15, 0.2) is 0 Å². The van der Waals surface area contributed by atoms with Crippen LogP contribution in [0.4, 0.5) is 4.79 Å². The fourth-order valence-corrected chi connectivity index (χ4v) is 3.13. The van der Waals surface area contributed by atoms with Crippen LogP contribution >= 0.6 is 0 Å². The molecule has 2 N–H and O–H groups in total. The lowest BCUT2D eigenvalue weighted by Gasteiger charge is -2.38. The molecule has 22 heavy (non-hydrogen) atoms. The van der Waals surface area contributed by atoms with Gasteiger partial charge in [0.15, 0.2) is 0 Å². The zero-order valence-electron chi connectivity index (χ0n) is 15.0. The van der Waals surface area contributed by atoms with Crippen molar-refractivity contribution >= 4 is 6.03 Å². The number of hydrogen-bond acceptors (Lipinski definition) is 2. The Morgan fingerprint density at radius 1 is 1.14 bits per heavy atom. The Morgan fingerprint density at radius 3 is 2.36 bits per heavy atom. The fourth-order valence-electron chi connectivity index (χ4n) is 3.13. The van der Waals surface area contributed by atoms with Crippen LogP contribution in [0.1, 0.15) is 85.5 Å². The van der Waals surface area contributed by atoms with Crippen LogP contribution < -0.4 is 5.32 Å². The molecule has 0 radical (unpaired) electrons. The summed E-state index contributed by atoms with van der Waals surface area (Å²) >= 11 is 0. The van der Waals surface area contributed by atoms with Crippen molar-refractivity contribution in [3.8, 4) is 0 Å². The summed E-state index contributed by atoms with van der Waals surface area (Å²) < 4.78 is 0. The normalized spacial score (nSPS) is 22.4. The van der Waals surface area contributed by atoms with Gasteiger partial charge in [0.05, 0.1) is 12.1 Å². The van der Waals surface area contributed by atoms with Crippen molar-refractivity contribution in [1.29, 1.82) is 0 Å². The maximum Gasteiger partial charge on any atom is 0.318 e. The van der Waals surface area contributed by atoms with Gasteiger partial charge < -0.3 is 15.3 Å². The third-order valence-corrected chi connectivity index (χ3v) is 4.58. The highest BCUT2D eigenvalue weighted by molar-refractivity contribution is 5.75. The minimum Gasteiger partial charge on any atom is -0.391 e. The first-order valence-corrected chi connectivity index (χ1v) is 9.12. The van der Waals surface area contributed by atoms with E-state index in [0.717, 1.165) is 38.6 Å². The molecule has 1 aliphatic rings. The zero-order valence-corrected chi connectivity index (χ0v) is 15.0. The van der Waals surface area contributed by atoms with Gasteiger partial charge in [-0.1, -0.05) is 45.4 Å². The molecule has 0 bridgehead atoms. The number of nitrogens with one attached hydrogen (secondary N) is 1. The number of carbonyl (C=O) groups excluding carboxylic acids is 1. The topological polar surface area (TPSA) is 52.6 Å². The van der Waals surface area contributed by atoms with Gasteiger partial charge in [-0.05, 0) is 40.0 Å². The maximum absolute atomic E-state index is 12.6. The summed E-state index contributed by atoms with van der Waals surface area (Å²) in [5.74, 6) is 0. The first kappa shape index (κ1) is 19.3. The van der Waals surface area contributed by atoms with Crippen molar-refractivity contribution < 1.29 is 9.90 Å². The molecule has 4 nitrogen and oxygen atoms in total. The molecule has 1 rings (SSSR count). The molecule has 2 amide bonds. The molecule has 0 aromatic carbocycles. The van der Waals surface area contributed by atoms with Crippen LogP contribution in [0.3, 0.4) is 0 Å². The van der Waals surface area contributed by atoms with Crippen LogP contribution in [0.2, 0.25) is 0 Å². The molecule has 0 heterocycles. The molecule has 0 saturated heterocycles. The summed E-state index contributed by atoms with van der Waals surface area (Å²) in [6, 6.07) is -0.0971. The van der Waals surface area contributed by atoms with Crippen molar-refractivity contribution in [2.45, 2.75) is 103 Å². The first-order valence-electron chi connectivity index (χ1n) is 9.12. The van der Waals surface area contributed by atoms with Gasteiger partial charge in [-0.25, -0.2) is 4.79 Å². The van der Waals surface area contributed by atoms with Crippen LogP contribution in [0.25, 0.3) is 0 Å². The number of amides is 2. The number of urea groups is 1. The van der Waals surface area contributed by atoms with E-state index in [2.05, 4.69) is 33.0 Å². The van der Waals surface area contributed by atoms with Crippen LogP contribution in [-0.2, 0) is 0 Å². The van der Waals surface area contributed by atoms with Crippen LogP contribution in [0.5, 0.6) is 0 Å². The Kier molecular flexibility index (Phi) is 8.23. The first-order chi connectivity index (χ1) is 10.4. The number of hydrogen-bond donors (Lipinski definition) is 2. The number of carbonyl (C=O) groups is 1. The predicted octanol–water partition coefficient (Wildman–Crippen LogP) is 4.07. The Bertz CT molecular complexity index is 326. The number of nitrogens with zero attached hydrogens (tertiary/aromatic N) is 1. The number of unbranched alkanes of at least 4 members (excludes halogenated alkanes) is 4. The summed E-state index contributed by atoms with van der Waals surface area (Å²) in [7, 11) is 0. The van der Waals surface area contributed by atoms with E-state index in [4.69, 9.17) is 0 Å². The highest BCUT2D eigenvalue weighted by Gasteiger charge is 2.30. The molecular weight excluding hydrogens is 276 g/mol. The van der Waals surface area contributed by atoms with E-state index in [0.29, 0.717) is 0 Å². The zero-order chi connectivity index (χ0) is 16.6. The molecule has 1 fully saturated rings. The summed E-state index contributed by atoms with van der Waals surface area (Å²) in [4.78, 5) is 14.6. The summed E-state index contributed by atoms with van der Waals surface area (Å²) in [6.45, 7) is 9.24. The lowest BCUT2D eigenvalue weighted by Crippen LogP contribution is -2.55. The van der Waals surface area contributed by atoms with Gasteiger partial charge in [-0.3, -0.25) is 0 Å². The van der Waals surface area contributed by atoms with Crippen molar-refractivity contribution in [2.75, 3.05) is 6.54 Å². The second kappa shape index (κ2) is 9.39. The Labute approximate surface area is 136 Å². The van der Waals surface area contributed by atoms with Gasteiger partial charge in [-0.2, -0.15) is 0 Å². The number of rotatable bonds is 7. The minimum atomic E-state index is -0.385. The monoisotopic (exact) mass is 312 g/mol. The van der Waals surface area contributed by atoms with Gasteiger partial charge in [0.1, 0.15) is 0 Å². The molecule has 0 aromatic heterocycles. The standard InChI is InChI=1S/C18H36N2O2/c1-5-6-7-8-11-14-20(18(2,3)4)17(22)19-15-12-9-10-13-16(15)21/h15-16,21H,5-14H2,1-4H3,(H,19,22). The molecular formula is C18H36N2O2. The second-order valence-corrected chi connectivity index (χ2v) is 7.64. The third-order valence-electron chi connectivity index (χ3n) is 4.58. The van der Waals surface area contributed by atoms with E-state index in [1.54, 1.807) is 0 Å². The lowest BCUT2D eigenvalue weighted by atomic mass is 9.92. The van der Waals surface area contributed by atoms with Gasteiger partial charge in [-0.15, -0.1) is 0 Å². The van der Waals surface area contributed by atoms with Crippen LogP contribution in [-0.4, -0.2) is 40.3 Å². The Hall–Kier alpha value is -0.770. The van der Waals surface area contributed by atoms with E-state index in [1.165, 1.54) is 25.7 Å². The summed E-state index contributed by atoms with van der Waals surface area (Å²) in [6.07, 6.45) is 9.46. The molecule has 1 saturated carbocycles. The SMILES string of the molecule is CCCCCCCN(C(=O)NC1CCCCC1O)C(C)(C)C. The van der Waals surface area contributed by atoms with Gasteiger partial charge in [0, 0.05) is 12.1 Å². The van der Waals surface area contributed by atoms with Gasteiger partial charge in [0.25, 0.3) is 0 Å². The molecule has 4 heteroatoms.